The summed E-state index contributed by atoms with van der Waals surface area (Å²) in [5.74, 6) is 3.29. The van der Waals surface area contributed by atoms with E-state index >= 15 is 0 Å². The van der Waals surface area contributed by atoms with E-state index in [4.69, 9.17) is 4.99 Å². The van der Waals surface area contributed by atoms with Crippen LogP contribution < -0.4 is 5.32 Å². The monoisotopic (exact) mass is 343 g/mol. The Balaban J connectivity index is 1.84. The highest BCUT2D eigenvalue weighted by Crippen LogP contribution is 2.28. The van der Waals surface area contributed by atoms with Crippen LogP contribution in [0.3, 0.4) is 0 Å². The standard InChI is InChI=1S/C21H33N3O/c1-15-11-16(2)14-24(13-15)21(22-18-8-6-9-19(25)12-18)23-20-10-5-4-7-17(20)3/h6,8-9,12,15-17,20,25H,4-5,7,10-11,13-14H2,1-3H3,(H,22,23). The molecule has 0 aromatic heterocycles. The zero-order chi connectivity index (χ0) is 17.8. The van der Waals surface area contributed by atoms with Crippen molar-refractivity contribution in [2.45, 2.75) is 58.9 Å². The Morgan fingerprint density at radius 2 is 1.84 bits per heavy atom. The fourth-order valence-electron chi connectivity index (χ4n) is 4.39. The molecule has 4 heteroatoms. The number of phenols is 1. The molecule has 1 heterocycles. The van der Waals surface area contributed by atoms with Gasteiger partial charge in [0.05, 0.1) is 6.04 Å². The molecule has 25 heavy (non-hydrogen) atoms. The number of likely N-dealkylation sites (tertiary alicyclic amines) is 1. The smallest absolute Gasteiger partial charge is 0.198 e. The van der Waals surface area contributed by atoms with Gasteiger partial charge in [0.2, 0.25) is 0 Å². The Hall–Kier alpha value is -1.71. The van der Waals surface area contributed by atoms with Crippen LogP contribution in [-0.2, 0) is 0 Å². The van der Waals surface area contributed by atoms with Crippen molar-refractivity contribution in [2.24, 2.45) is 22.7 Å². The number of piperidine rings is 1. The van der Waals surface area contributed by atoms with Crippen molar-refractivity contribution in [3.05, 3.63) is 24.3 Å². The molecule has 4 atom stereocenters. The summed E-state index contributed by atoms with van der Waals surface area (Å²) >= 11 is 0. The van der Waals surface area contributed by atoms with E-state index in [0.717, 1.165) is 24.7 Å². The number of nitrogens with zero attached hydrogens (tertiary/aromatic N) is 2. The zero-order valence-electron chi connectivity index (χ0n) is 15.9. The maximum Gasteiger partial charge on any atom is 0.198 e. The van der Waals surface area contributed by atoms with E-state index in [2.05, 4.69) is 31.0 Å². The van der Waals surface area contributed by atoms with Gasteiger partial charge < -0.3 is 15.3 Å². The van der Waals surface area contributed by atoms with Crippen LogP contribution in [0, 0.1) is 17.8 Å². The van der Waals surface area contributed by atoms with E-state index in [1.165, 1.54) is 32.1 Å². The van der Waals surface area contributed by atoms with Gasteiger partial charge in [-0.2, -0.15) is 0 Å². The minimum atomic E-state index is 0.288. The number of aromatic hydroxyl groups is 1. The number of rotatable bonds is 2. The van der Waals surface area contributed by atoms with Crippen molar-refractivity contribution in [1.82, 2.24) is 4.90 Å². The SMILES string of the molecule is CC1CC(C)CN(C(=NC2CCCCC2C)Nc2cccc(O)c2)C1. The summed E-state index contributed by atoms with van der Waals surface area (Å²) in [5.41, 5.74) is 0.910. The number of nitrogens with one attached hydrogen (secondary N) is 1. The third-order valence-corrected chi connectivity index (χ3v) is 5.63. The topological polar surface area (TPSA) is 47.9 Å². The predicted molar refractivity (Wildman–Crippen MR) is 105 cm³/mol. The number of hydrogen-bond donors (Lipinski definition) is 2. The van der Waals surface area contributed by atoms with Crippen LogP contribution in [0.15, 0.2) is 29.3 Å². The van der Waals surface area contributed by atoms with Crippen LogP contribution in [0.1, 0.15) is 52.9 Å². The molecule has 1 saturated heterocycles. The molecule has 0 bridgehead atoms. The number of phenolic OH excluding ortho intramolecular Hbond substituents is 1. The summed E-state index contributed by atoms with van der Waals surface area (Å²) in [6, 6.07) is 7.75. The van der Waals surface area contributed by atoms with Gasteiger partial charge in [-0.05, 0) is 49.1 Å². The number of anilines is 1. The van der Waals surface area contributed by atoms with E-state index in [1.807, 2.05) is 12.1 Å². The summed E-state index contributed by atoms with van der Waals surface area (Å²) < 4.78 is 0. The quantitative estimate of drug-likeness (QED) is 0.603. The van der Waals surface area contributed by atoms with Crippen molar-refractivity contribution in [3.8, 4) is 5.75 Å². The van der Waals surface area contributed by atoms with Crippen LogP contribution >= 0.6 is 0 Å². The second-order valence-electron chi connectivity index (χ2n) is 8.31. The van der Waals surface area contributed by atoms with Crippen LogP contribution in [-0.4, -0.2) is 35.1 Å². The fraction of sp³-hybridized carbons (Fsp3) is 0.667. The number of benzene rings is 1. The molecule has 2 fully saturated rings. The van der Waals surface area contributed by atoms with Crippen LogP contribution in [0.2, 0.25) is 0 Å². The Kier molecular flexibility index (Phi) is 5.87. The van der Waals surface area contributed by atoms with Crippen molar-refractivity contribution < 1.29 is 5.11 Å². The molecule has 0 radical (unpaired) electrons. The maximum absolute atomic E-state index is 9.79. The summed E-state index contributed by atoms with van der Waals surface area (Å²) in [5, 5.41) is 13.3. The lowest BCUT2D eigenvalue weighted by atomic mass is 9.86. The first-order valence-electron chi connectivity index (χ1n) is 9.90. The Bertz CT molecular complexity index is 591. The van der Waals surface area contributed by atoms with Crippen LogP contribution in [0.5, 0.6) is 5.75 Å². The predicted octanol–water partition coefficient (Wildman–Crippen LogP) is 4.72. The van der Waals surface area contributed by atoms with E-state index in [-0.39, 0.29) is 5.75 Å². The van der Waals surface area contributed by atoms with Crippen molar-refractivity contribution in [2.75, 3.05) is 18.4 Å². The van der Waals surface area contributed by atoms with Gasteiger partial charge >= 0.3 is 0 Å². The first kappa shape index (κ1) is 18.1. The van der Waals surface area contributed by atoms with Gasteiger partial charge in [0.1, 0.15) is 5.75 Å². The molecule has 0 spiro atoms. The Morgan fingerprint density at radius 1 is 1.12 bits per heavy atom. The third kappa shape index (κ3) is 4.90. The van der Waals surface area contributed by atoms with Gasteiger partial charge in [0.25, 0.3) is 0 Å². The molecule has 1 aliphatic heterocycles. The number of hydrogen-bond acceptors (Lipinski definition) is 2. The van der Waals surface area contributed by atoms with Gasteiger partial charge in [-0.25, -0.2) is 4.99 Å². The first-order valence-corrected chi connectivity index (χ1v) is 9.90. The lowest BCUT2D eigenvalue weighted by molar-refractivity contribution is 0.211. The minimum absolute atomic E-state index is 0.288. The fourth-order valence-corrected chi connectivity index (χ4v) is 4.39. The normalized spacial score (nSPS) is 31.0. The molecule has 2 N–H and O–H groups in total. The third-order valence-electron chi connectivity index (χ3n) is 5.63. The van der Waals surface area contributed by atoms with Crippen molar-refractivity contribution in [3.63, 3.8) is 0 Å². The molecule has 138 valence electrons. The number of aliphatic imine (C=N–C) groups is 1. The molecule has 4 nitrogen and oxygen atoms in total. The summed E-state index contributed by atoms with van der Waals surface area (Å²) in [6.07, 6.45) is 6.37. The number of guanidine groups is 1. The summed E-state index contributed by atoms with van der Waals surface area (Å²) in [6.45, 7) is 9.10. The van der Waals surface area contributed by atoms with E-state index in [9.17, 15) is 5.11 Å². The van der Waals surface area contributed by atoms with Gasteiger partial charge in [-0.1, -0.05) is 39.7 Å². The van der Waals surface area contributed by atoms with E-state index in [0.29, 0.717) is 23.8 Å². The van der Waals surface area contributed by atoms with Crippen molar-refractivity contribution in [1.29, 1.82) is 0 Å². The van der Waals surface area contributed by atoms with E-state index in [1.54, 1.807) is 12.1 Å². The molecule has 1 saturated carbocycles. The van der Waals surface area contributed by atoms with Crippen molar-refractivity contribution >= 4 is 11.6 Å². The molecule has 1 aliphatic carbocycles. The molecule has 2 aliphatic rings. The average Bonchev–Trinajstić information content (AvgIpc) is 2.55. The zero-order valence-corrected chi connectivity index (χ0v) is 15.9. The highest BCUT2D eigenvalue weighted by molar-refractivity contribution is 5.94. The first-order chi connectivity index (χ1) is 12.0. The van der Waals surface area contributed by atoms with Crippen LogP contribution in [0.25, 0.3) is 0 Å². The molecular weight excluding hydrogens is 310 g/mol. The Morgan fingerprint density at radius 3 is 2.52 bits per heavy atom. The van der Waals surface area contributed by atoms with E-state index < -0.39 is 0 Å². The van der Waals surface area contributed by atoms with Gasteiger partial charge in [-0.15, -0.1) is 0 Å². The highest BCUT2D eigenvalue weighted by atomic mass is 16.3. The molecule has 1 aromatic carbocycles. The summed E-state index contributed by atoms with van der Waals surface area (Å²) in [4.78, 5) is 7.60. The van der Waals surface area contributed by atoms with Gasteiger partial charge in [0, 0.05) is 24.8 Å². The molecular formula is C21H33N3O. The molecule has 0 amide bonds. The minimum Gasteiger partial charge on any atom is -0.508 e. The second-order valence-corrected chi connectivity index (χ2v) is 8.31. The molecule has 4 unspecified atom stereocenters. The van der Waals surface area contributed by atoms with Crippen LogP contribution in [0.4, 0.5) is 5.69 Å². The average molecular weight is 344 g/mol. The maximum atomic E-state index is 9.79. The second kappa shape index (κ2) is 8.11. The summed E-state index contributed by atoms with van der Waals surface area (Å²) in [7, 11) is 0. The molecule has 3 rings (SSSR count). The lowest BCUT2D eigenvalue weighted by Gasteiger charge is -2.38. The van der Waals surface area contributed by atoms with Gasteiger partial charge in [-0.3, -0.25) is 0 Å². The largest absolute Gasteiger partial charge is 0.508 e. The highest BCUT2D eigenvalue weighted by Gasteiger charge is 2.27. The Labute approximate surface area is 152 Å². The lowest BCUT2D eigenvalue weighted by Crippen LogP contribution is -2.46. The van der Waals surface area contributed by atoms with Gasteiger partial charge in [0.15, 0.2) is 5.96 Å². The molecule has 1 aromatic rings.